The molecule has 1 saturated heterocycles. The van der Waals surface area contributed by atoms with Crippen LogP contribution in [0.2, 0.25) is 0 Å². The number of likely N-dealkylation sites (tertiary alicyclic amines) is 1. The molecule has 1 heterocycles. The summed E-state index contributed by atoms with van der Waals surface area (Å²) in [6.45, 7) is 12.1. The number of ketones is 1. The Labute approximate surface area is 202 Å². The van der Waals surface area contributed by atoms with Gasteiger partial charge in [0.25, 0.3) is 5.91 Å². The van der Waals surface area contributed by atoms with E-state index in [4.69, 9.17) is 5.73 Å². The number of fused-ring (bicyclic) bond motifs is 1. The van der Waals surface area contributed by atoms with Crippen molar-refractivity contribution in [3.63, 3.8) is 0 Å². The Kier molecular flexibility index (Phi) is 8.34. The number of hydrogen-bond donors (Lipinski definition) is 3. The van der Waals surface area contributed by atoms with Gasteiger partial charge >= 0.3 is 0 Å². The Morgan fingerprint density at radius 1 is 1.12 bits per heavy atom. The molecule has 3 aliphatic rings. The van der Waals surface area contributed by atoms with Crippen LogP contribution < -0.4 is 16.4 Å². The lowest BCUT2D eigenvalue weighted by Crippen LogP contribution is -2.58. The number of carbonyl (C=O) groups excluding carboxylic acids is 4. The smallest absolute Gasteiger partial charge is 0.289 e. The Bertz CT molecular complexity index is 833. The van der Waals surface area contributed by atoms with Crippen molar-refractivity contribution in [1.82, 2.24) is 15.5 Å². The molecule has 8 nitrogen and oxygen atoms in total. The Balaban J connectivity index is 1.75. The van der Waals surface area contributed by atoms with E-state index in [-0.39, 0.29) is 47.9 Å². The number of allylic oxidation sites excluding steroid dienone is 1. The van der Waals surface area contributed by atoms with Crippen molar-refractivity contribution < 1.29 is 19.2 Å². The third-order valence-electron chi connectivity index (χ3n) is 8.13. The first kappa shape index (κ1) is 26.1. The van der Waals surface area contributed by atoms with Crippen molar-refractivity contribution >= 4 is 23.5 Å². The summed E-state index contributed by atoms with van der Waals surface area (Å²) in [6.07, 6.45) is 9.05. The first-order chi connectivity index (χ1) is 16.1. The third kappa shape index (κ3) is 5.27. The van der Waals surface area contributed by atoms with Crippen LogP contribution in [0.5, 0.6) is 0 Å². The number of Topliss-reactive ketones (excluding diaryl/α,β-unsaturated/α-hetero) is 1. The van der Waals surface area contributed by atoms with Crippen LogP contribution in [0.3, 0.4) is 0 Å². The van der Waals surface area contributed by atoms with Gasteiger partial charge in [-0.3, -0.25) is 19.2 Å². The quantitative estimate of drug-likeness (QED) is 0.312. The van der Waals surface area contributed by atoms with Gasteiger partial charge in [-0.1, -0.05) is 45.3 Å². The van der Waals surface area contributed by atoms with Crippen molar-refractivity contribution in [2.24, 2.45) is 28.9 Å². The van der Waals surface area contributed by atoms with Crippen LogP contribution in [-0.4, -0.2) is 59.6 Å². The molecule has 0 radical (unpaired) electrons. The number of nitrogens with zero attached hydrogens (tertiary/aromatic N) is 1. The van der Waals surface area contributed by atoms with Crippen LogP contribution in [0.1, 0.15) is 58.8 Å². The normalized spacial score (nSPS) is 27.1. The highest BCUT2D eigenvalue weighted by Crippen LogP contribution is 2.65. The van der Waals surface area contributed by atoms with Gasteiger partial charge in [0.2, 0.25) is 17.6 Å². The molecule has 2 aliphatic carbocycles. The standard InChI is InChI=1S/C26H40N4O4/c1-5-7-13-18(22(31)24(33)28-14-6-2)29-23(32)21-19-17(26(19,3)4)15-30(21)25(34)20(27)16-11-9-8-10-12-16/h5-6,16-21H,1-2,7-15,27H2,3-4H3,(H,28,33)(H,29,32). The summed E-state index contributed by atoms with van der Waals surface area (Å²) >= 11 is 0. The Morgan fingerprint density at radius 3 is 2.41 bits per heavy atom. The van der Waals surface area contributed by atoms with Crippen molar-refractivity contribution in [2.75, 3.05) is 13.1 Å². The fraction of sp³-hybridized carbons (Fsp3) is 0.692. The zero-order valence-corrected chi connectivity index (χ0v) is 20.6. The van der Waals surface area contributed by atoms with Gasteiger partial charge < -0.3 is 21.3 Å². The van der Waals surface area contributed by atoms with Crippen LogP contribution >= 0.6 is 0 Å². The van der Waals surface area contributed by atoms with Gasteiger partial charge in [-0.25, -0.2) is 0 Å². The molecule has 3 rings (SSSR count). The molecule has 5 unspecified atom stereocenters. The summed E-state index contributed by atoms with van der Waals surface area (Å²) in [5.41, 5.74) is 6.35. The molecule has 5 atom stereocenters. The molecule has 0 aromatic heterocycles. The number of rotatable bonds is 11. The summed E-state index contributed by atoms with van der Waals surface area (Å²) in [5.74, 6) is -1.65. The van der Waals surface area contributed by atoms with E-state index in [1.807, 2.05) is 0 Å². The fourth-order valence-electron chi connectivity index (χ4n) is 5.92. The lowest BCUT2D eigenvalue weighted by molar-refractivity contribution is -0.144. The molecule has 8 heteroatoms. The van der Waals surface area contributed by atoms with Gasteiger partial charge in [-0.15, -0.1) is 13.2 Å². The summed E-state index contributed by atoms with van der Waals surface area (Å²) in [7, 11) is 0. The summed E-state index contributed by atoms with van der Waals surface area (Å²) in [5, 5.41) is 5.27. The molecule has 0 spiro atoms. The predicted molar refractivity (Wildman–Crippen MR) is 130 cm³/mol. The first-order valence-electron chi connectivity index (χ1n) is 12.5. The second-order valence-corrected chi connectivity index (χ2v) is 10.6. The maximum Gasteiger partial charge on any atom is 0.289 e. The number of hydrogen-bond acceptors (Lipinski definition) is 5. The van der Waals surface area contributed by atoms with Gasteiger partial charge in [0.15, 0.2) is 0 Å². The van der Waals surface area contributed by atoms with E-state index in [9.17, 15) is 19.2 Å². The molecule has 4 N–H and O–H groups in total. The Hall–Kier alpha value is -2.48. The number of amides is 3. The highest BCUT2D eigenvalue weighted by Gasteiger charge is 2.69. The van der Waals surface area contributed by atoms with Crippen LogP contribution in [-0.2, 0) is 19.2 Å². The minimum Gasteiger partial charge on any atom is -0.346 e. The molecular formula is C26H40N4O4. The Morgan fingerprint density at radius 2 is 1.79 bits per heavy atom. The van der Waals surface area contributed by atoms with Crippen LogP contribution in [0, 0.1) is 23.2 Å². The highest BCUT2D eigenvalue weighted by molar-refractivity contribution is 6.38. The van der Waals surface area contributed by atoms with E-state index >= 15 is 0 Å². The maximum atomic E-state index is 13.5. The molecule has 34 heavy (non-hydrogen) atoms. The number of carbonyl (C=O) groups is 4. The van der Waals surface area contributed by atoms with Crippen molar-refractivity contribution in [3.8, 4) is 0 Å². The number of piperidine rings is 1. The SMILES string of the molecule is C=CCCC(NC(=O)C1C2C(CN1C(=O)C(N)C1CCCCC1)C2(C)C)C(=O)C(=O)NCC=C. The predicted octanol–water partition coefficient (Wildman–Crippen LogP) is 1.70. The molecule has 188 valence electrons. The molecule has 3 fully saturated rings. The third-order valence-corrected chi connectivity index (χ3v) is 8.13. The number of nitrogens with one attached hydrogen (secondary N) is 2. The number of nitrogens with two attached hydrogens (primary N) is 1. The maximum absolute atomic E-state index is 13.5. The van der Waals surface area contributed by atoms with E-state index in [2.05, 4.69) is 37.6 Å². The zero-order chi connectivity index (χ0) is 25.0. The highest BCUT2D eigenvalue weighted by atomic mass is 16.2. The monoisotopic (exact) mass is 472 g/mol. The largest absolute Gasteiger partial charge is 0.346 e. The fourth-order valence-corrected chi connectivity index (χ4v) is 5.92. The minimum atomic E-state index is -0.986. The summed E-state index contributed by atoms with van der Waals surface area (Å²) in [6, 6.07) is -2.28. The minimum absolute atomic E-state index is 0.0137. The molecule has 0 aromatic rings. The zero-order valence-electron chi connectivity index (χ0n) is 20.6. The van der Waals surface area contributed by atoms with Gasteiger partial charge in [0.1, 0.15) is 6.04 Å². The lowest BCUT2D eigenvalue weighted by atomic mass is 9.83. The van der Waals surface area contributed by atoms with Crippen molar-refractivity contribution in [3.05, 3.63) is 25.3 Å². The van der Waals surface area contributed by atoms with E-state index in [0.717, 1.165) is 25.7 Å². The van der Waals surface area contributed by atoms with Gasteiger partial charge in [-0.05, 0) is 48.9 Å². The lowest BCUT2D eigenvalue weighted by Gasteiger charge is -2.35. The second kappa shape index (κ2) is 10.8. The molecule has 0 aromatic carbocycles. The molecule has 0 bridgehead atoms. The van der Waals surface area contributed by atoms with E-state index in [0.29, 0.717) is 13.0 Å². The van der Waals surface area contributed by atoms with Crippen LogP contribution in [0.4, 0.5) is 0 Å². The molecule has 2 saturated carbocycles. The van der Waals surface area contributed by atoms with Crippen molar-refractivity contribution in [1.29, 1.82) is 0 Å². The average molecular weight is 473 g/mol. The van der Waals surface area contributed by atoms with E-state index in [1.165, 1.54) is 12.5 Å². The second-order valence-electron chi connectivity index (χ2n) is 10.6. The molecule has 1 aliphatic heterocycles. The molecular weight excluding hydrogens is 432 g/mol. The topological polar surface area (TPSA) is 122 Å². The summed E-state index contributed by atoms with van der Waals surface area (Å²) in [4.78, 5) is 53.6. The van der Waals surface area contributed by atoms with E-state index in [1.54, 1.807) is 11.0 Å². The van der Waals surface area contributed by atoms with Crippen molar-refractivity contribution in [2.45, 2.75) is 76.9 Å². The summed E-state index contributed by atoms with van der Waals surface area (Å²) < 4.78 is 0. The van der Waals surface area contributed by atoms with Crippen LogP contribution in [0.15, 0.2) is 25.3 Å². The average Bonchev–Trinajstić information content (AvgIpc) is 3.16. The van der Waals surface area contributed by atoms with Gasteiger partial charge in [-0.2, -0.15) is 0 Å². The van der Waals surface area contributed by atoms with E-state index < -0.39 is 29.8 Å². The first-order valence-corrected chi connectivity index (χ1v) is 12.5. The molecule has 3 amide bonds. The van der Waals surface area contributed by atoms with Crippen LogP contribution in [0.25, 0.3) is 0 Å². The van der Waals surface area contributed by atoms with Gasteiger partial charge in [0, 0.05) is 13.1 Å². The van der Waals surface area contributed by atoms with Gasteiger partial charge in [0.05, 0.1) is 12.1 Å².